The number of methoxy groups -OCH3 is 3. The van der Waals surface area contributed by atoms with Crippen LogP contribution in [0.1, 0.15) is 5.56 Å². The molecule has 4 nitrogen and oxygen atoms in total. The molecular formula is C16H18FNO3. The van der Waals surface area contributed by atoms with Gasteiger partial charge in [0.1, 0.15) is 11.6 Å². The molecule has 0 heterocycles. The van der Waals surface area contributed by atoms with Crippen molar-refractivity contribution in [2.45, 2.75) is 6.54 Å². The predicted octanol–water partition coefficient (Wildman–Crippen LogP) is 3.46. The minimum Gasteiger partial charge on any atom is -0.495 e. The Kier molecular flexibility index (Phi) is 4.87. The molecule has 0 aliphatic carbocycles. The Labute approximate surface area is 123 Å². The first kappa shape index (κ1) is 15.0. The smallest absolute Gasteiger partial charge is 0.161 e. The molecule has 21 heavy (non-hydrogen) atoms. The van der Waals surface area contributed by atoms with Crippen LogP contribution in [0.3, 0.4) is 0 Å². The number of ether oxygens (including phenoxy) is 3. The van der Waals surface area contributed by atoms with E-state index in [0.717, 1.165) is 5.56 Å². The minimum atomic E-state index is -0.314. The van der Waals surface area contributed by atoms with E-state index in [4.69, 9.17) is 14.2 Å². The fourth-order valence-corrected chi connectivity index (χ4v) is 2.01. The molecule has 5 heteroatoms. The highest BCUT2D eigenvalue weighted by atomic mass is 19.1. The highest BCUT2D eigenvalue weighted by molar-refractivity contribution is 5.57. The number of halogens is 1. The molecule has 112 valence electrons. The van der Waals surface area contributed by atoms with Crippen LogP contribution in [0.5, 0.6) is 17.2 Å². The van der Waals surface area contributed by atoms with Gasteiger partial charge >= 0.3 is 0 Å². The van der Waals surface area contributed by atoms with Crippen LogP contribution >= 0.6 is 0 Å². The molecule has 0 unspecified atom stereocenters. The second-order valence-corrected chi connectivity index (χ2v) is 4.39. The molecule has 0 amide bonds. The highest BCUT2D eigenvalue weighted by Crippen LogP contribution is 2.29. The van der Waals surface area contributed by atoms with E-state index in [1.807, 2.05) is 18.2 Å². The first-order valence-corrected chi connectivity index (χ1v) is 6.46. The van der Waals surface area contributed by atoms with E-state index in [2.05, 4.69) is 5.32 Å². The minimum absolute atomic E-state index is 0.314. The van der Waals surface area contributed by atoms with Crippen LogP contribution in [0.4, 0.5) is 10.1 Å². The average molecular weight is 291 g/mol. The molecule has 0 saturated heterocycles. The fourth-order valence-electron chi connectivity index (χ4n) is 2.01. The Morgan fingerprint density at radius 1 is 0.857 bits per heavy atom. The lowest BCUT2D eigenvalue weighted by Gasteiger charge is -2.13. The molecule has 0 aliphatic rings. The maximum atomic E-state index is 13.3. The van der Waals surface area contributed by atoms with E-state index in [1.54, 1.807) is 27.4 Å². The molecule has 0 spiro atoms. The van der Waals surface area contributed by atoms with Gasteiger partial charge in [0.05, 0.1) is 27.0 Å². The zero-order valence-electron chi connectivity index (χ0n) is 12.3. The first-order chi connectivity index (χ1) is 10.2. The van der Waals surface area contributed by atoms with E-state index >= 15 is 0 Å². The maximum absolute atomic E-state index is 13.3. The number of hydrogen-bond donors (Lipinski definition) is 1. The number of benzene rings is 2. The first-order valence-electron chi connectivity index (χ1n) is 6.46. The Morgan fingerprint density at radius 3 is 2.19 bits per heavy atom. The molecular weight excluding hydrogens is 273 g/mol. The van der Waals surface area contributed by atoms with E-state index in [1.165, 1.54) is 12.1 Å². The summed E-state index contributed by atoms with van der Waals surface area (Å²) in [6.07, 6.45) is 0. The summed E-state index contributed by atoms with van der Waals surface area (Å²) in [6.45, 7) is 0.514. The van der Waals surface area contributed by atoms with Crippen LogP contribution in [-0.2, 0) is 6.54 Å². The van der Waals surface area contributed by atoms with Crippen LogP contribution in [0.25, 0.3) is 0 Å². The molecule has 0 atom stereocenters. The van der Waals surface area contributed by atoms with E-state index in [-0.39, 0.29) is 5.82 Å². The van der Waals surface area contributed by atoms with Gasteiger partial charge in [-0.15, -0.1) is 0 Å². The lowest BCUT2D eigenvalue weighted by atomic mass is 10.2. The lowest BCUT2D eigenvalue weighted by molar-refractivity contribution is 0.354. The normalized spacial score (nSPS) is 10.1. The standard InChI is InChI=1S/C16H18FNO3/c1-19-14-7-5-12(17)9-13(14)18-10-11-4-6-15(20-2)16(8-11)21-3/h4-9,18H,10H2,1-3H3. The Morgan fingerprint density at radius 2 is 1.52 bits per heavy atom. The fraction of sp³-hybridized carbons (Fsp3) is 0.250. The van der Waals surface area contributed by atoms with Crippen molar-refractivity contribution in [3.05, 3.63) is 47.8 Å². The van der Waals surface area contributed by atoms with Gasteiger partial charge in [-0.1, -0.05) is 6.07 Å². The quantitative estimate of drug-likeness (QED) is 0.884. The predicted molar refractivity (Wildman–Crippen MR) is 79.8 cm³/mol. The lowest BCUT2D eigenvalue weighted by Crippen LogP contribution is -2.02. The molecule has 2 aromatic rings. The number of hydrogen-bond acceptors (Lipinski definition) is 4. The zero-order valence-corrected chi connectivity index (χ0v) is 12.3. The number of anilines is 1. The van der Waals surface area contributed by atoms with Crippen molar-refractivity contribution in [3.63, 3.8) is 0 Å². The van der Waals surface area contributed by atoms with E-state index in [9.17, 15) is 4.39 Å². The van der Waals surface area contributed by atoms with Gasteiger partial charge in [-0.25, -0.2) is 4.39 Å². The summed E-state index contributed by atoms with van der Waals surface area (Å²) in [4.78, 5) is 0. The summed E-state index contributed by atoms with van der Waals surface area (Å²) in [6, 6.07) is 9.97. The molecule has 0 fully saturated rings. The van der Waals surface area contributed by atoms with Gasteiger partial charge in [0, 0.05) is 12.6 Å². The third-order valence-electron chi connectivity index (χ3n) is 3.09. The van der Waals surface area contributed by atoms with Crippen molar-refractivity contribution in [3.8, 4) is 17.2 Å². The van der Waals surface area contributed by atoms with Crippen LogP contribution < -0.4 is 19.5 Å². The Bertz CT molecular complexity index is 616. The van der Waals surface area contributed by atoms with Gasteiger partial charge < -0.3 is 19.5 Å². The van der Waals surface area contributed by atoms with Crippen LogP contribution in [0.2, 0.25) is 0 Å². The average Bonchev–Trinajstić information content (AvgIpc) is 2.52. The summed E-state index contributed by atoms with van der Waals surface area (Å²) in [5.74, 6) is 1.61. The second-order valence-electron chi connectivity index (χ2n) is 4.39. The van der Waals surface area contributed by atoms with Crippen molar-refractivity contribution >= 4 is 5.69 Å². The van der Waals surface area contributed by atoms with Gasteiger partial charge in [-0.05, 0) is 29.8 Å². The summed E-state index contributed by atoms with van der Waals surface area (Å²) < 4.78 is 28.9. The SMILES string of the molecule is COc1ccc(F)cc1NCc1ccc(OC)c(OC)c1. The Balaban J connectivity index is 2.14. The van der Waals surface area contributed by atoms with Crippen molar-refractivity contribution in [1.82, 2.24) is 0 Å². The van der Waals surface area contributed by atoms with E-state index in [0.29, 0.717) is 29.5 Å². The van der Waals surface area contributed by atoms with Gasteiger partial charge in [0.2, 0.25) is 0 Å². The second kappa shape index (κ2) is 6.83. The molecule has 0 bridgehead atoms. The third kappa shape index (κ3) is 3.56. The van der Waals surface area contributed by atoms with E-state index < -0.39 is 0 Å². The van der Waals surface area contributed by atoms with Crippen molar-refractivity contribution in [2.75, 3.05) is 26.6 Å². The van der Waals surface area contributed by atoms with Crippen LogP contribution in [0, 0.1) is 5.82 Å². The molecule has 0 aliphatic heterocycles. The van der Waals surface area contributed by atoms with Crippen molar-refractivity contribution in [2.24, 2.45) is 0 Å². The molecule has 0 radical (unpaired) electrons. The van der Waals surface area contributed by atoms with Gasteiger partial charge in [-0.3, -0.25) is 0 Å². The number of rotatable bonds is 6. The Hall–Kier alpha value is -2.43. The van der Waals surface area contributed by atoms with Crippen molar-refractivity contribution < 1.29 is 18.6 Å². The largest absolute Gasteiger partial charge is 0.495 e. The molecule has 1 N–H and O–H groups in total. The van der Waals surface area contributed by atoms with Crippen molar-refractivity contribution in [1.29, 1.82) is 0 Å². The van der Waals surface area contributed by atoms with Gasteiger partial charge in [0.25, 0.3) is 0 Å². The van der Waals surface area contributed by atoms with Crippen LogP contribution in [0.15, 0.2) is 36.4 Å². The highest BCUT2D eigenvalue weighted by Gasteiger charge is 2.07. The van der Waals surface area contributed by atoms with Gasteiger partial charge in [0.15, 0.2) is 11.5 Å². The van der Waals surface area contributed by atoms with Gasteiger partial charge in [-0.2, -0.15) is 0 Å². The summed E-state index contributed by atoms with van der Waals surface area (Å²) in [5.41, 5.74) is 1.59. The summed E-state index contributed by atoms with van der Waals surface area (Å²) in [5, 5.41) is 3.15. The summed E-state index contributed by atoms with van der Waals surface area (Å²) >= 11 is 0. The molecule has 0 saturated carbocycles. The van der Waals surface area contributed by atoms with Crippen LogP contribution in [-0.4, -0.2) is 21.3 Å². The zero-order chi connectivity index (χ0) is 15.2. The molecule has 2 aromatic carbocycles. The monoisotopic (exact) mass is 291 g/mol. The third-order valence-corrected chi connectivity index (χ3v) is 3.09. The maximum Gasteiger partial charge on any atom is 0.161 e. The summed E-state index contributed by atoms with van der Waals surface area (Å²) in [7, 11) is 4.73. The molecule has 0 aromatic heterocycles. The molecule has 2 rings (SSSR count). The topological polar surface area (TPSA) is 39.7 Å². The number of nitrogens with one attached hydrogen (secondary N) is 1.